The SMILES string of the molecule is COc1ccc(C(=O)N2CCC(c3nccn3Cc3ccccc3)CC2)o1. The van der Waals surface area contributed by atoms with Crippen LogP contribution in [0.5, 0.6) is 5.95 Å². The van der Waals surface area contributed by atoms with Crippen molar-refractivity contribution < 1.29 is 13.9 Å². The van der Waals surface area contributed by atoms with Crippen LogP contribution in [0.2, 0.25) is 0 Å². The summed E-state index contributed by atoms with van der Waals surface area (Å²) in [7, 11) is 1.52. The highest BCUT2D eigenvalue weighted by Crippen LogP contribution is 2.28. The number of carbonyl (C=O) groups excluding carboxylic acids is 1. The lowest BCUT2D eigenvalue weighted by Gasteiger charge is -2.31. The van der Waals surface area contributed by atoms with Crippen molar-refractivity contribution in [3.8, 4) is 5.95 Å². The van der Waals surface area contributed by atoms with Crippen molar-refractivity contribution in [1.82, 2.24) is 14.5 Å². The Hall–Kier alpha value is -3.02. The lowest BCUT2D eigenvalue weighted by atomic mass is 9.95. The van der Waals surface area contributed by atoms with Crippen LogP contribution in [-0.2, 0) is 6.54 Å². The summed E-state index contributed by atoms with van der Waals surface area (Å²) in [4.78, 5) is 19.0. The lowest BCUT2D eigenvalue weighted by molar-refractivity contribution is 0.0672. The summed E-state index contributed by atoms with van der Waals surface area (Å²) in [5.41, 5.74) is 1.26. The number of nitrogens with zero attached hydrogens (tertiary/aromatic N) is 3. The minimum absolute atomic E-state index is 0.0793. The van der Waals surface area contributed by atoms with Crippen LogP contribution in [0.25, 0.3) is 0 Å². The molecule has 1 saturated heterocycles. The monoisotopic (exact) mass is 365 g/mol. The second-order valence-corrected chi connectivity index (χ2v) is 6.79. The van der Waals surface area contributed by atoms with Gasteiger partial charge in [-0.3, -0.25) is 4.79 Å². The average Bonchev–Trinajstić information content (AvgIpc) is 3.38. The first-order valence-corrected chi connectivity index (χ1v) is 9.22. The molecule has 6 nitrogen and oxygen atoms in total. The highest BCUT2D eigenvalue weighted by atomic mass is 16.6. The molecule has 2 aromatic heterocycles. The van der Waals surface area contributed by atoms with Gasteiger partial charge in [0.1, 0.15) is 5.82 Å². The van der Waals surface area contributed by atoms with Gasteiger partial charge in [0.15, 0.2) is 5.76 Å². The van der Waals surface area contributed by atoms with Crippen LogP contribution in [0.4, 0.5) is 0 Å². The number of amides is 1. The minimum atomic E-state index is -0.0793. The smallest absolute Gasteiger partial charge is 0.289 e. The fourth-order valence-corrected chi connectivity index (χ4v) is 3.64. The summed E-state index contributed by atoms with van der Waals surface area (Å²) in [6, 6.07) is 13.7. The van der Waals surface area contributed by atoms with Crippen LogP contribution in [-0.4, -0.2) is 40.6 Å². The Bertz CT molecular complexity index is 892. The van der Waals surface area contributed by atoms with Gasteiger partial charge in [0, 0.05) is 44.0 Å². The predicted octanol–water partition coefficient (Wildman–Crippen LogP) is 3.55. The molecule has 0 saturated carbocycles. The van der Waals surface area contributed by atoms with Crippen molar-refractivity contribution >= 4 is 5.91 Å². The van der Waals surface area contributed by atoms with Gasteiger partial charge in [-0.05, 0) is 24.5 Å². The molecule has 0 atom stereocenters. The normalized spacial score (nSPS) is 15.1. The fraction of sp³-hybridized carbons (Fsp3) is 0.333. The molecule has 1 aliphatic heterocycles. The van der Waals surface area contributed by atoms with Gasteiger partial charge in [0.2, 0.25) is 0 Å². The molecule has 1 aliphatic rings. The van der Waals surface area contributed by atoms with E-state index in [4.69, 9.17) is 9.15 Å². The molecule has 0 aliphatic carbocycles. The highest BCUT2D eigenvalue weighted by molar-refractivity contribution is 5.91. The molecule has 140 valence electrons. The maximum absolute atomic E-state index is 12.6. The van der Waals surface area contributed by atoms with Crippen LogP contribution in [0.3, 0.4) is 0 Å². The van der Waals surface area contributed by atoms with E-state index in [0.29, 0.717) is 30.7 Å². The van der Waals surface area contributed by atoms with E-state index >= 15 is 0 Å². The Kier molecular flexibility index (Phi) is 4.96. The summed E-state index contributed by atoms with van der Waals surface area (Å²) in [5.74, 6) is 2.07. The number of likely N-dealkylation sites (tertiary alicyclic amines) is 1. The van der Waals surface area contributed by atoms with Crippen LogP contribution >= 0.6 is 0 Å². The van der Waals surface area contributed by atoms with Crippen molar-refractivity contribution in [3.05, 3.63) is 72.0 Å². The standard InChI is InChI=1S/C21H23N3O3/c1-26-19-8-7-18(27-19)21(25)23-12-9-17(10-13-23)20-22-11-14-24(20)15-16-5-3-2-4-6-16/h2-8,11,14,17H,9-10,12-13,15H2,1H3. The lowest BCUT2D eigenvalue weighted by Crippen LogP contribution is -2.38. The van der Waals surface area contributed by atoms with Gasteiger partial charge in [-0.15, -0.1) is 0 Å². The Morgan fingerprint density at radius 1 is 1.19 bits per heavy atom. The second-order valence-electron chi connectivity index (χ2n) is 6.79. The number of hydrogen-bond donors (Lipinski definition) is 0. The van der Waals surface area contributed by atoms with E-state index in [1.807, 2.05) is 23.4 Å². The molecule has 1 fully saturated rings. The Balaban J connectivity index is 1.40. The van der Waals surface area contributed by atoms with Crippen LogP contribution in [0.1, 0.15) is 40.7 Å². The largest absolute Gasteiger partial charge is 0.468 e. The van der Waals surface area contributed by atoms with E-state index in [1.54, 1.807) is 12.1 Å². The Labute approximate surface area is 158 Å². The molecular weight excluding hydrogens is 342 g/mol. The quantitative estimate of drug-likeness (QED) is 0.694. The molecule has 0 N–H and O–H groups in total. The number of benzene rings is 1. The molecule has 3 heterocycles. The van der Waals surface area contributed by atoms with E-state index in [9.17, 15) is 4.79 Å². The molecule has 0 spiro atoms. The number of piperidine rings is 1. The zero-order chi connectivity index (χ0) is 18.6. The molecule has 0 radical (unpaired) electrons. The number of furan rings is 1. The Morgan fingerprint density at radius 2 is 1.96 bits per heavy atom. The van der Waals surface area contributed by atoms with E-state index < -0.39 is 0 Å². The zero-order valence-corrected chi connectivity index (χ0v) is 15.4. The first-order valence-electron chi connectivity index (χ1n) is 9.22. The van der Waals surface area contributed by atoms with Crippen LogP contribution in [0.15, 0.2) is 59.3 Å². The van der Waals surface area contributed by atoms with Crippen molar-refractivity contribution in [1.29, 1.82) is 0 Å². The topological polar surface area (TPSA) is 60.5 Å². The van der Waals surface area contributed by atoms with Gasteiger partial charge < -0.3 is 18.6 Å². The third-order valence-electron chi connectivity index (χ3n) is 5.08. The summed E-state index contributed by atoms with van der Waals surface area (Å²) in [6.07, 6.45) is 5.70. The van der Waals surface area contributed by atoms with E-state index in [0.717, 1.165) is 25.2 Å². The average molecular weight is 365 g/mol. The van der Waals surface area contributed by atoms with Gasteiger partial charge in [-0.1, -0.05) is 30.3 Å². The summed E-state index contributed by atoms with van der Waals surface area (Å²) < 4.78 is 12.6. The third kappa shape index (κ3) is 3.74. The number of hydrogen-bond acceptors (Lipinski definition) is 4. The molecule has 27 heavy (non-hydrogen) atoms. The predicted molar refractivity (Wildman–Crippen MR) is 101 cm³/mol. The first kappa shape index (κ1) is 17.4. The maximum atomic E-state index is 12.6. The molecule has 0 unspecified atom stereocenters. The number of aromatic nitrogens is 2. The van der Waals surface area contributed by atoms with E-state index in [-0.39, 0.29) is 5.91 Å². The molecule has 6 heteroatoms. The number of rotatable bonds is 5. The van der Waals surface area contributed by atoms with E-state index in [1.165, 1.54) is 12.7 Å². The summed E-state index contributed by atoms with van der Waals surface area (Å²) in [6.45, 7) is 2.22. The van der Waals surface area contributed by atoms with Gasteiger partial charge in [-0.25, -0.2) is 4.98 Å². The Morgan fingerprint density at radius 3 is 2.67 bits per heavy atom. The molecule has 1 amide bonds. The van der Waals surface area contributed by atoms with Gasteiger partial charge in [-0.2, -0.15) is 0 Å². The van der Waals surface area contributed by atoms with E-state index in [2.05, 4.69) is 33.8 Å². The summed E-state index contributed by atoms with van der Waals surface area (Å²) >= 11 is 0. The number of imidazole rings is 1. The molecular formula is C21H23N3O3. The molecule has 4 rings (SSSR count). The summed E-state index contributed by atoms with van der Waals surface area (Å²) in [5, 5.41) is 0. The molecule has 1 aromatic carbocycles. The maximum Gasteiger partial charge on any atom is 0.289 e. The van der Waals surface area contributed by atoms with Crippen LogP contribution < -0.4 is 4.74 Å². The third-order valence-corrected chi connectivity index (χ3v) is 5.08. The fourth-order valence-electron chi connectivity index (χ4n) is 3.64. The van der Waals surface area contributed by atoms with Gasteiger partial charge in [0.05, 0.1) is 7.11 Å². The van der Waals surface area contributed by atoms with Crippen molar-refractivity contribution in [3.63, 3.8) is 0 Å². The van der Waals surface area contributed by atoms with Gasteiger partial charge >= 0.3 is 0 Å². The van der Waals surface area contributed by atoms with Crippen molar-refractivity contribution in [2.24, 2.45) is 0 Å². The molecule has 0 bridgehead atoms. The first-order chi connectivity index (χ1) is 13.2. The second kappa shape index (κ2) is 7.70. The zero-order valence-electron chi connectivity index (χ0n) is 15.4. The number of ether oxygens (including phenoxy) is 1. The van der Waals surface area contributed by atoms with Crippen LogP contribution in [0, 0.1) is 0 Å². The van der Waals surface area contributed by atoms with Gasteiger partial charge in [0.25, 0.3) is 11.9 Å². The highest BCUT2D eigenvalue weighted by Gasteiger charge is 2.28. The molecule has 3 aromatic rings. The number of carbonyl (C=O) groups is 1. The number of methoxy groups -OCH3 is 1. The van der Waals surface area contributed by atoms with Crippen molar-refractivity contribution in [2.75, 3.05) is 20.2 Å². The van der Waals surface area contributed by atoms with Crippen molar-refractivity contribution in [2.45, 2.75) is 25.3 Å². The minimum Gasteiger partial charge on any atom is -0.468 e.